The van der Waals surface area contributed by atoms with Crippen LogP contribution in [0.2, 0.25) is 0 Å². The van der Waals surface area contributed by atoms with Gasteiger partial charge < -0.3 is 20.1 Å². The van der Waals surface area contributed by atoms with Gasteiger partial charge in [-0.15, -0.1) is 0 Å². The third kappa shape index (κ3) is 6.23. The van der Waals surface area contributed by atoms with Crippen LogP contribution in [0.15, 0.2) is 42.5 Å². The van der Waals surface area contributed by atoms with Crippen molar-refractivity contribution in [2.45, 2.75) is 20.5 Å². The number of carbonyl (C=O) groups excluding carboxylic acids is 3. The zero-order chi connectivity index (χ0) is 19.8. The highest BCUT2D eigenvalue weighted by molar-refractivity contribution is 5.94. The first-order chi connectivity index (χ1) is 12.9. The zero-order valence-corrected chi connectivity index (χ0v) is 15.5. The molecule has 0 fully saturated rings. The normalized spacial score (nSPS) is 10.2. The number of hydrogen-bond donors (Lipinski definition) is 2. The Hall–Kier alpha value is -3.19. The van der Waals surface area contributed by atoms with Gasteiger partial charge in [0, 0.05) is 36.5 Å². The lowest BCUT2D eigenvalue weighted by Gasteiger charge is -2.12. The smallest absolute Gasteiger partial charge is 0.262 e. The van der Waals surface area contributed by atoms with Crippen LogP contribution in [-0.2, 0) is 20.9 Å². The fourth-order valence-corrected chi connectivity index (χ4v) is 2.39. The van der Waals surface area contributed by atoms with E-state index >= 15 is 0 Å². The lowest BCUT2D eigenvalue weighted by atomic mass is 10.1. The summed E-state index contributed by atoms with van der Waals surface area (Å²) in [7, 11) is 1.54. The highest BCUT2D eigenvalue weighted by atomic mass is 16.5. The van der Waals surface area contributed by atoms with Gasteiger partial charge in [0.15, 0.2) is 12.4 Å². The summed E-state index contributed by atoms with van der Waals surface area (Å²) in [5.41, 5.74) is 2.48. The number of hydrogen-bond acceptors (Lipinski definition) is 5. The number of ketones is 1. The molecule has 2 aromatic carbocycles. The number of ether oxygens (including phenoxy) is 2. The molecule has 2 aromatic rings. The molecule has 0 saturated carbocycles. The number of amides is 2. The van der Waals surface area contributed by atoms with Gasteiger partial charge in [0.2, 0.25) is 5.91 Å². The molecule has 0 bridgehead atoms. The minimum atomic E-state index is -0.332. The van der Waals surface area contributed by atoms with Crippen LogP contribution in [0.1, 0.15) is 29.8 Å². The average Bonchev–Trinajstić information content (AvgIpc) is 2.62. The highest BCUT2D eigenvalue weighted by Gasteiger charge is 2.10. The lowest BCUT2D eigenvalue weighted by Crippen LogP contribution is -2.20. The Bertz CT molecular complexity index is 831. The van der Waals surface area contributed by atoms with Crippen molar-refractivity contribution in [1.29, 1.82) is 0 Å². The quantitative estimate of drug-likeness (QED) is 0.697. The minimum absolute atomic E-state index is 0.0562. The molecule has 7 heteroatoms. The number of benzene rings is 2. The molecule has 27 heavy (non-hydrogen) atoms. The first-order valence-electron chi connectivity index (χ1n) is 8.32. The van der Waals surface area contributed by atoms with Crippen LogP contribution < -0.4 is 15.4 Å². The number of methoxy groups -OCH3 is 1. The maximum absolute atomic E-state index is 12.1. The molecule has 0 aliphatic rings. The maximum Gasteiger partial charge on any atom is 0.262 e. The molecular weight excluding hydrogens is 348 g/mol. The summed E-state index contributed by atoms with van der Waals surface area (Å²) in [4.78, 5) is 34.6. The number of carbonyl (C=O) groups is 3. The van der Waals surface area contributed by atoms with Crippen LogP contribution in [0.3, 0.4) is 0 Å². The van der Waals surface area contributed by atoms with Crippen LogP contribution in [0.25, 0.3) is 0 Å². The summed E-state index contributed by atoms with van der Waals surface area (Å²) in [6, 6.07) is 11.7. The summed E-state index contributed by atoms with van der Waals surface area (Å²) in [5.74, 6) is -0.0681. The lowest BCUT2D eigenvalue weighted by molar-refractivity contribution is -0.118. The van der Waals surface area contributed by atoms with Gasteiger partial charge in [-0.25, -0.2) is 0 Å². The van der Waals surface area contributed by atoms with Gasteiger partial charge >= 0.3 is 0 Å². The van der Waals surface area contributed by atoms with E-state index in [1.54, 1.807) is 49.6 Å². The van der Waals surface area contributed by atoms with E-state index in [1.165, 1.54) is 13.8 Å². The monoisotopic (exact) mass is 370 g/mol. The number of rotatable bonds is 8. The van der Waals surface area contributed by atoms with E-state index < -0.39 is 0 Å². The van der Waals surface area contributed by atoms with Crippen molar-refractivity contribution < 1.29 is 23.9 Å². The van der Waals surface area contributed by atoms with E-state index in [-0.39, 0.29) is 30.8 Å². The molecule has 0 unspecified atom stereocenters. The standard InChI is InChI=1S/C20H22N2O5/c1-13(23)15-4-9-19(16(10-15)11-26-3)27-12-20(25)22-18-7-5-17(6-8-18)21-14(2)24/h4-10H,11-12H2,1-3H3,(H,21,24)(H,22,25). The van der Waals surface area contributed by atoms with E-state index in [4.69, 9.17) is 9.47 Å². The molecule has 0 heterocycles. The maximum atomic E-state index is 12.1. The Labute approximate surface area is 157 Å². The molecule has 2 N–H and O–H groups in total. The van der Waals surface area contributed by atoms with E-state index in [2.05, 4.69) is 10.6 Å². The van der Waals surface area contributed by atoms with Crippen molar-refractivity contribution in [3.63, 3.8) is 0 Å². The van der Waals surface area contributed by atoms with Gasteiger partial charge in [0.05, 0.1) is 6.61 Å². The fraction of sp³-hybridized carbons (Fsp3) is 0.250. The highest BCUT2D eigenvalue weighted by Crippen LogP contribution is 2.22. The second kappa shape index (κ2) is 9.49. The topological polar surface area (TPSA) is 93.7 Å². The van der Waals surface area contributed by atoms with E-state index in [9.17, 15) is 14.4 Å². The largest absolute Gasteiger partial charge is 0.483 e. The molecule has 0 aromatic heterocycles. The van der Waals surface area contributed by atoms with Crippen molar-refractivity contribution in [3.05, 3.63) is 53.6 Å². The van der Waals surface area contributed by atoms with Crippen molar-refractivity contribution in [2.24, 2.45) is 0 Å². The van der Waals surface area contributed by atoms with Crippen molar-refractivity contribution >= 4 is 29.0 Å². The third-order valence-corrected chi connectivity index (χ3v) is 3.61. The summed E-state index contributed by atoms with van der Waals surface area (Å²) in [6.07, 6.45) is 0. The van der Waals surface area contributed by atoms with Gasteiger partial charge in [-0.1, -0.05) is 0 Å². The van der Waals surface area contributed by atoms with Crippen molar-refractivity contribution in [1.82, 2.24) is 0 Å². The molecule has 0 aliphatic heterocycles. The average molecular weight is 370 g/mol. The van der Waals surface area contributed by atoms with Crippen molar-refractivity contribution in [3.8, 4) is 5.75 Å². The molecule has 2 amide bonds. The van der Waals surface area contributed by atoms with Gasteiger partial charge in [-0.2, -0.15) is 0 Å². The van der Waals surface area contributed by atoms with Gasteiger partial charge in [0.1, 0.15) is 5.75 Å². The van der Waals surface area contributed by atoms with Crippen LogP contribution in [0, 0.1) is 0 Å². The summed E-state index contributed by atoms with van der Waals surface area (Å²) < 4.78 is 10.7. The minimum Gasteiger partial charge on any atom is -0.483 e. The summed E-state index contributed by atoms with van der Waals surface area (Å²) >= 11 is 0. The summed E-state index contributed by atoms with van der Waals surface area (Å²) in [5, 5.41) is 5.36. The predicted molar refractivity (Wildman–Crippen MR) is 102 cm³/mol. The second-order valence-electron chi connectivity index (χ2n) is 5.91. The van der Waals surface area contributed by atoms with Gasteiger partial charge in [0.25, 0.3) is 5.91 Å². The molecule has 0 atom stereocenters. The SMILES string of the molecule is COCc1cc(C(C)=O)ccc1OCC(=O)Nc1ccc(NC(C)=O)cc1. The van der Waals surface area contributed by atoms with Crippen LogP contribution >= 0.6 is 0 Å². The molecule has 2 rings (SSSR count). The third-order valence-electron chi connectivity index (χ3n) is 3.61. The van der Waals surface area contributed by atoms with Crippen LogP contribution in [0.4, 0.5) is 11.4 Å². The van der Waals surface area contributed by atoms with Crippen LogP contribution in [-0.4, -0.2) is 31.3 Å². The van der Waals surface area contributed by atoms with Gasteiger partial charge in [-0.05, 0) is 49.4 Å². The predicted octanol–water partition coefficient (Wildman–Crippen LogP) is 3.01. The first kappa shape index (κ1) is 20.1. The zero-order valence-electron chi connectivity index (χ0n) is 15.5. The number of anilines is 2. The van der Waals surface area contributed by atoms with Gasteiger partial charge in [-0.3, -0.25) is 14.4 Å². The first-order valence-corrected chi connectivity index (χ1v) is 8.32. The molecule has 0 saturated heterocycles. The Kier molecular flexibility index (Phi) is 7.08. The molecule has 0 spiro atoms. The Morgan fingerprint density at radius 3 is 2.11 bits per heavy atom. The number of Topliss-reactive ketones (excluding diaryl/α,β-unsaturated/α-hetero) is 1. The molecule has 0 aliphatic carbocycles. The van der Waals surface area contributed by atoms with Crippen molar-refractivity contribution in [2.75, 3.05) is 24.4 Å². The number of nitrogens with one attached hydrogen (secondary N) is 2. The second-order valence-corrected chi connectivity index (χ2v) is 5.91. The molecule has 0 radical (unpaired) electrons. The van der Waals surface area contributed by atoms with Crippen LogP contribution in [0.5, 0.6) is 5.75 Å². The fourth-order valence-electron chi connectivity index (χ4n) is 2.39. The molecule has 7 nitrogen and oxygen atoms in total. The summed E-state index contributed by atoms with van der Waals surface area (Å²) in [6.45, 7) is 2.98. The Morgan fingerprint density at radius 1 is 0.926 bits per heavy atom. The molecule has 142 valence electrons. The van der Waals surface area contributed by atoms with E-state index in [0.29, 0.717) is 28.3 Å². The van der Waals surface area contributed by atoms with E-state index in [1.807, 2.05) is 0 Å². The Balaban J connectivity index is 1.96. The van der Waals surface area contributed by atoms with E-state index in [0.717, 1.165) is 0 Å². The molecular formula is C20H22N2O5. The Morgan fingerprint density at radius 2 is 1.56 bits per heavy atom.